The first kappa shape index (κ1) is 11.5. The molecule has 0 aliphatic heterocycles. The van der Waals surface area contributed by atoms with Gasteiger partial charge in [0.15, 0.2) is 0 Å². The van der Waals surface area contributed by atoms with E-state index in [0.29, 0.717) is 6.54 Å². The number of anilines is 1. The average Bonchev–Trinajstić information content (AvgIpc) is 2.18. The summed E-state index contributed by atoms with van der Waals surface area (Å²) in [6.07, 6.45) is 0. The first-order valence-electron chi connectivity index (χ1n) is 5.04. The third-order valence-electron chi connectivity index (χ3n) is 2.01. The molecule has 2 amide bonds. The lowest BCUT2D eigenvalue weighted by Crippen LogP contribution is -2.28. The fraction of sp³-hybridized carbons (Fsp3) is 0.364. The van der Waals surface area contributed by atoms with Crippen LogP contribution >= 0.6 is 0 Å². The van der Waals surface area contributed by atoms with Crippen molar-refractivity contribution < 1.29 is 4.79 Å². The first-order chi connectivity index (χ1) is 7.13. The lowest BCUT2D eigenvalue weighted by molar-refractivity contribution is 0.252. The van der Waals surface area contributed by atoms with E-state index < -0.39 is 0 Å². The SMILES string of the molecule is CCNC(=O)Nc1cccc(C(C)N)c1. The van der Waals surface area contributed by atoms with Crippen LogP contribution in [0.5, 0.6) is 0 Å². The van der Waals surface area contributed by atoms with Gasteiger partial charge < -0.3 is 16.4 Å². The fourth-order valence-electron chi connectivity index (χ4n) is 1.24. The molecule has 0 spiro atoms. The first-order valence-corrected chi connectivity index (χ1v) is 5.04. The summed E-state index contributed by atoms with van der Waals surface area (Å²) in [5.74, 6) is 0. The van der Waals surface area contributed by atoms with Crippen LogP contribution in [-0.4, -0.2) is 12.6 Å². The molecule has 0 aliphatic rings. The van der Waals surface area contributed by atoms with Gasteiger partial charge in [0.2, 0.25) is 0 Å². The molecule has 0 fully saturated rings. The van der Waals surface area contributed by atoms with Crippen molar-refractivity contribution in [3.63, 3.8) is 0 Å². The van der Waals surface area contributed by atoms with Crippen molar-refractivity contribution in [3.8, 4) is 0 Å². The molecule has 4 nitrogen and oxygen atoms in total. The topological polar surface area (TPSA) is 67.2 Å². The Labute approximate surface area is 89.9 Å². The number of carbonyl (C=O) groups excluding carboxylic acids is 1. The molecule has 0 saturated heterocycles. The van der Waals surface area contributed by atoms with Crippen molar-refractivity contribution in [3.05, 3.63) is 29.8 Å². The van der Waals surface area contributed by atoms with Crippen LogP contribution in [0.2, 0.25) is 0 Å². The Kier molecular flexibility index (Phi) is 4.12. The largest absolute Gasteiger partial charge is 0.338 e. The van der Waals surface area contributed by atoms with Gasteiger partial charge in [0, 0.05) is 18.3 Å². The maximum atomic E-state index is 11.2. The van der Waals surface area contributed by atoms with E-state index in [-0.39, 0.29) is 12.1 Å². The second-order valence-electron chi connectivity index (χ2n) is 3.40. The van der Waals surface area contributed by atoms with E-state index in [1.54, 1.807) is 0 Å². The van der Waals surface area contributed by atoms with Crippen molar-refractivity contribution >= 4 is 11.7 Å². The van der Waals surface area contributed by atoms with E-state index in [0.717, 1.165) is 11.3 Å². The molecule has 1 aromatic carbocycles. The van der Waals surface area contributed by atoms with Crippen LogP contribution in [-0.2, 0) is 0 Å². The Hall–Kier alpha value is -1.55. The molecule has 1 atom stereocenters. The van der Waals surface area contributed by atoms with E-state index in [1.165, 1.54) is 0 Å². The molecule has 0 saturated carbocycles. The van der Waals surface area contributed by atoms with Gasteiger partial charge in [0.05, 0.1) is 0 Å². The van der Waals surface area contributed by atoms with Crippen LogP contribution in [0.3, 0.4) is 0 Å². The summed E-state index contributed by atoms with van der Waals surface area (Å²) in [7, 11) is 0. The number of nitrogens with two attached hydrogens (primary N) is 1. The molecule has 0 heterocycles. The molecule has 82 valence electrons. The highest BCUT2D eigenvalue weighted by molar-refractivity contribution is 5.89. The molecule has 4 N–H and O–H groups in total. The molecular formula is C11H17N3O. The minimum absolute atomic E-state index is 0.0269. The standard InChI is InChI=1S/C11H17N3O/c1-3-13-11(15)14-10-6-4-5-9(7-10)8(2)12/h4-8H,3,12H2,1-2H3,(H2,13,14,15). The molecule has 0 aliphatic carbocycles. The zero-order chi connectivity index (χ0) is 11.3. The van der Waals surface area contributed by atoms with Gasteiger partial charge in [-0.25, -0.2) is 4.79 Å². The predicted molar refractivity (Wildman–Crippen MR) is 61.7 cm³/mol. The molecule has 15 heavy (non-hydrogen) atoms. The normalized spacial score (nSPS) is 11.9. The van der Waals surface area contributed by atoms with E-state index in [1.807, 2.05) is 38.1 Å². The van der Waals surface area contributed by atoms with Gasteiger partial charge in [0.1, 0.15) is 0 Å². The van der Waals surface area contributed by atoms with Crippen LogP contribution in [0, 0.1) is 0 Å². The smallest absolute Gasteiger partial charge is 0.319 e. The highest BCUT2D eigenvalue weighted by Crippen LogP contribution is 2.15. The molecular weight excluding hydrogens is 190 g/mol. The molecule has 0 radical (unpaired) electrons. The van der Waals surface area contributed by atoms with Crippen LogP contribution in [0.25, 0.3) is 0 Å². The second-order valence-corrected chi connectivity index (χ2v) is 3.40. The zero-order valence-electron chi connectivity index (χ0n) is 9.08. The van der Waals surface area contributed by atoms with Crippen molar-refractivity contribution in [2.24, 2.45) is 5.73 Å². The second kappa shape index (κ2) is 5.36. The van der Waals surface area contributed by atoms with Crippen LogP contribution in [0.15, 0.2) is 24.3 Å². The van der Waals surface area contributed by atoms with Gasteiger partial charge in [-0.15, -0.1) is 0 Å². The lowest BCUT2D eigenvalue weighted by atomic mass is 10.1. The Morgan fingerprint density at radius 2 is 2.27 bits per heavy atom. The Balaban J connectivity index is 2.69. The van der Waals surface area contributed by atoms with Gasteiger partial charge in [-0.1, -0.05) is 12.1 Å². The number of carbonyl (C=O) groups is 1. The molecule has 1 aromatic rings. The summed E-state index contributed by atoms with van der Waals surface area (Å²) in [6, 6.07) is 7.30. The third kappa shape index (κ3) is 3.59. The monoisotopic (exact) mass is 207 g/mol. The van der Waals surface area contributed by atoms with E-state index in [9.17, 15) is 4.79 Å². The summed E-state index contributed by atoms with van der Waals surface area (Å²) in [4.78, 5) is 11.2. The van der Waals surface area contributed by atoms with Gasteiger partial charge in [-0.3, -0.25) is 0 Å². The highest BCUT2D eigenvalue weighted by Gasteiger charge is 2.02. The van der Waals surface area contributed by atoms with Gasteiger partial charge in [-0.2, -0.15) is 0 Å². The van der Waals surface area contributed by atoms with Crippen molar-refractivity contribution in [1.82, 2.24) is 5.32 Å². The van der Waals surface area contributed by atoms with E-state index >= 15 is 0 Å². The summed E-state index contributed by atoms with van der Waals surface area (Å²) in [5, 5.41) is 5.39. The summed E-state index contributed by atoms with van der Waals surface area (Å²) >= 11 is 0. The minimum atomic E-state index is -0.195. The molecule has 0 aromatic heterocycles. The average molecular weight is 207 g/mol. The number of benzene rings is 1. The van der Waals surface area contributed by atoms with Crippen molar-refractivity contribution in [2.45, 2.75) is 19.9 Å². The zero-order valence-corrected chi connectivity index (χ0v) is 9.08. The van der Waals surface area contributed by atoms with Crippen LogP contribution in [0.1, 0.15) is 25.5 Å². The van der Waals surface area contributed by atoms with Gasteiger partial charge in [0.25, 0.3) is 0 Å². The summed E-state index contributed by atoms with van der Waals surface area (Å²) < 4.78 is 0. The fourth-order valence-corrected chi connectivity index (χ4v) is 1.24. The molecule has 4 heteroatoms. The number of nitrogens with one attached hydrogen (secondary N) is 2. The maximum absolute atomic E-state index is 11.2. The Morgan fingerprint density at radius 1 is 1.53 bits per heavy atom. The highest BCUT2D eigenvalue weighted by atomic mass is 16.2. The van der Waals surface area contributed by atoms with E-state index in [2.05, 4.69) is 10.6 Å². The van der Waals surface area contributed by atoms with Crippen molar-refractivity contribution in [2.75, 3.05) is 11.9 Å². The minimum Gasteiger partial charge on any atom is -0.338 e. The van der Waals surface area contributed by atoms with Crippen molar-refractivity contribution in [1.29, 1.82) is 0 Å². The number of amides is 2. The van der Waals surface area contributed by atoms with E-state index in [4.69, 9.17) is 5.73 Å². The molecule has 1 unspecified atom stereocenters. The Bertz CT molecular complexity index is 336. The third-order valence-corrected chi connectivity index (χ3v) is 2.01. The summed E-state index contributed by atoms with van der Waals surface area (Å²) in [6.45, 7) is 4.39. The maximum Gasteiger partial charge on any atom is 0.319 e. The number of rotatable bonds is 3. The summed E-state index contributed by atoms with van der Waals surface area (Å²) in [5.41, 5.74) is 7.51. The number of hydrogen-bond acceptors (Lipinski definition) is 2. The van der Waals surface area contributed by atoms with Gasteiger partial charge >= 0.3 is 6.03 Å². The lowest BCUT2D eigenvalue weighted by Gasteiger charge is -2.09. The van der Waals surface area contributed by atoms with Crippen LogP contribution < -0.4 is 16.4 Å². The predicted octanol–water partition coefficient (Wildman–Crippen LogP) is 1.85. The quantitative estimate of drug-likeness (QED) is 0.708. The van der Waals surface area contributed by atoms with Gasteiger partial charge in [-0.05, 0) is 31.5 Å². The number of hydrogen-bond donors (Lipinski definition) is 3. The van der Waals surface area contributed by atoms with Crippen LogP contribution in [0.4, 0.5) is 10.5 Å². The molecule has 0 bridgehead atoms. The Morgan fingerprint density at radius 3 is 2.87 bits per heavy atom. The molecule has 1 rings (SSSR count). The number of urea groups is 1.